The van der Waals surface area contributed by atoms with Gasteiger partial charge in [0, 0.05) is 16.9 Å². The Morgan fingerprint density at radius 1 is 0.818 bits per heavy atom. The molecule has 0 radical (unpaired) electrons. The Labute approximate surface area is 189 Å². The second-order valence-electron chi connectivity index (χ2n) is 6.65. The van der Waals surface area contributed by atoms with Gasteiger partial charge in [0.15, 0.2) is 17.3 Å². The number of carbonyl (C=O) groups excluding carboxylic acids is 3. The third-order valence-corrected chi connectivity index (χ3v) is 4.51. The first-order valence-electron chi connectivity index (χ1n) is 9.78. The molecule has 10 heteroatoms. The predicted octanol–water partition coefficient (Wildman–Crippen LogP) is 2.93. The molecule has 2 aromatic carbocycles. The lowest BCUT2D eigenvalue weighted by Gasteiger charge is -2.14. The van der Waals surface area contributed by atoms with Crippen molar-refractivity contribution in [3.8, 4) is 17.2 Å². The summed E-state index contributed by atoms with van der Waals surface area (Å²) in [5.41, 5.74) is 1.28. The van der Waals surface area contributed by atoms with Gasteiger partial charge in [0.1, 0.15) is 0 Å². The van der Waals surface area contributed by atoms with E-state index in [-0.39, 0.29) is 23.8 Å². The molecule has 3 amide bonds. The summed E-state index contributed by atoms with van der Waals surface area (Å²) in [5, 5.41) is 7.89. The van der Waals surface area contributed by atoms with Crippen LogP contribution in [0.2, 0.25) is 0 Å². The van der Waals surface area contributed by atoms with Crippen LogP contribution in [0.15, 0.2) is 59.2 Å². The molecule has 3 rings (SSSR count). The normalized spacial score (nSPS) is 10.2. The fraction of sp³-hybridized carbons (Fsp3) is 0.174. The molecule has 0 saturated heterocycles. The number of carbonyl (C=O) groups is 3. The zero-order chi connectivity index (χ0) is 23.8. The zero-order valence-corrected chi connectivity index (χ0v) is 18.3. The minimum absolute atomic E-state index is 0.190. The summed E-state index contributed by atoms with van der Waals surface area (Å²) in [7, 11) is 4.35. The Morgan fingerprint density at radius 2 is 1.42 bits per heavy atom. The fourth-order valence-corrected chi connectivity index (χ4v) is 2.92. The maximum Gasteiger partial charge on any atom is 0.291 e. The minimum atomic E-state index is -0.486. The first-order chi connectivity index (χ1) is 15.9. The fourth-order valence-electron chi connectivity index (χ4n) is 2.92. The monoisotopic (exact) mass is 453 g/mol. The van der Waals surface area contributed by atoms with Gasteiger partial charge in [-0.25, -0.2) is 0 Å². The van der Waals surface area contributed by atoms with Gasteiger partial charge in [-0.05, 0) is 48.5 Å². The van der Waals surface area contributed by atoms with Crippen molar-refractivity contribution in [2.45, 2.75) is 0 Å². The number of hydrogen-bond acceptors (Lipinski definition) is 7. The van der Waals surface area contributed by atoms with Crippen molar-refractivity contribution in [3.05, 3.63) is 66.1 Å². The Kier molecular flexibility index (Phi) is 7.53. The second kappa shape index (κ2) is 10.7. The van der Waals surface area contributed by atoms with Gasteiger partial charge in [0.2, 0.25) is 11.7 Å². The van der Waals surface area contributed by atoms with Crippen molar-refractivity contribution in [2.75, 3.05) is 38.5 Å². The van der Waals surface area contributed by atoms with E-state index < -0.39 is 11.8 Å². The molecule has 0 atom stereocenters. The summed E-state index contributed by atoms with van der Waals surface area (Å²) in [6, 6.07) is 12.7. The van der Waals surface area contributed by atoms with E-state index in [1.165, 1.54) is 39.7 Å². The highest BCUT2D eigenvalue weighted by atomic mass is 16.5. The van der Waals surface area contributed by atoms with Gasteiger partial charge in [0.25, 0.3) is 11.8 Å². The van der Waals surface area contributed by atoms with E-state index in [2.05, 4.69) is 16.0 Å². The molecule has 172 valence electrons. The smallest absolute Gasteiger partial charge is 0.291 e. The number of benzene rings is 2. The van der Waals surface area contributed by atoms with Crippen LogP contribution in [0.1, 0.15) is 20.9 Å². The molecule has 0 aliphatic carbocycles. The van der Waals surface area contributed by atoms with E-state index in [4.69, 9.17) is 18.6 Å². The molecule has 3 N–H and O–H groups in total. The summed E-state index contributed by atoms with van der Waals surface area (Å²) in [6.07, 6.45) is 1.41. The van der Waals surface area contributed by atoms with Crippen LogP contribution in [-0.2, 0) is 4.79 Å². The number of hydrogen-bond donors (Lipinski definition) is 3. The van der Waals surface area contributed by atoms with Crippen molar-refractivity contribution in [1.29, 1.82) is 0 Å². The van der Waals surface area contributed by atoms with E-state index in [0.717, 1.165) is 0 Å². The standard InChI is InChI=1S/C23H23N3O7/c1-30-18-11-14(12-19(31-2)21(18)32-3)22(28)24-13-20(27)25-15-6-8-16(9-7-15)26-23(29)17-5-4-10-33-17/h4-12H,13H2,1-3H3,(H,24,28)(H,25,27)(H,26,29). The number of anilines is 2. The zero-order valence-electron chi connectivity index (χ0n) is 18.3. The molecule has 3 aromatic rings. The molecular weight excluding hydrogens is 430 g/mol. The van der Waals surface area contributed by atoms with Crippen molar-refractivity contribution < 1.29 is 33.0 Å². The quantitative estimate of drug-likeness (QED) is 0.454. The second-order valence-corrected chi connectivity index (χ2v) is 6.65. The molecule has 1 aromatic heterocycles. The van der Waals surface area contributed by atoms with Crippen molar-refractivity contribution in [1.82, 2.24) is 5.32 Å². The molecule has 33 heavy (non-hydrogen) atoms. The number of nitrogens with one attached hydrogen (secondary N) is 3. The van der Waals surface area contributed by atoms with E-state index in [0.29, 0.717) is 28.6 Å². The summed E-state index contributed by atoms with van der Waals surface area (Å²) in [5.74, 6) is -0.0977. The van der Waals surface area contributed by atoms with Gasteiger partial charge in [0.05, 0.1) is 34.1 Å². The maximum atomic E-state index is 12.5. The van der Waals surface area contributed by atoms with Crippen LogP contribution in [0, 0.1) is 0 Å². The molecule has 0 saturated carbocycles. The molecule has 0 bridgehead atoms. The molecule has 10 nitrogen and oxygen atoms in total. The molecular formula is C23H23N3O7. The largest absolute Gasteiger partial charge is 0.493 e. The van der Waals surface area contributed by atoms with Gasteiger partial charge in [-0.2, -0.15) is 0 Å². The summed E-state index contributed by atoms with van der Waals surface area (Å²) < 4.78 is 20.7. The Bertz CT molecular complexity index is 1100. The van der Waals surface area contributed by atoms with Crippen LogP contribution in [0.5, 0.6) is 17.2 Å². The Balaban J connectivity index is 1.55. The highest BCUT2D eigenvalue weighted by Crippen LogP contribution is 2.38. The number of rotatable bonds is 9. The predicted molar refractivity (Wildman–Crippen MR) is 120 cm³/mol. The highest BCUT2D eigenvalue weighted by Gasteiger charge is 2.17. The van der Waals surface area contributed by atoms with Crippen molar-refractivity contribution >= 4 is 29.1 Å². The Morgan fingerprint density at radius 3 is 1.94 bits per heavy atom. The number of furan rings is 1. The first kappa shape index (κ1) is 23.2. The summed E-state index contributed by atoms with van der Waals surface area (Å²) in [4.78, 5) is 36.7. The lowest BCUT2D eigenvalue weighted by Crippen LogP contribution is -2.32. The lowest BCUT2D eigenvalue weighted by atomic mass is 10.1. The van der Waals surface area contributed by atoms with E-state index in [9.17, 15) is 14.4 Å². The van der Waals surface area contributed by atoms with Crippen LogP contribution in [0.4, 0.5) is 11.4 Å². The van der Waals surface area contributed by atoms with Crippen molar-refractivity contribution in [2.24, 2.45) is 0 Å². The van der Waals surface area contributed by atoms with Crippen LogP contribution >= 0.6 is 0 Å². The topological polar surface area (TPSA) is 128 Å². The highest BCUT2D eigenvalue weighted by molar-refractivity contribution is 6.02. The SMILES string of the molecule is COc1cc(C(=O)NCC(=O)Nc2ccc(NC(=O)c3ccco3)cc2)cc(OC)c1OC. The number of amides is 3. The van der Waals surface area contributed by atoms with Crippen LogP contribution in [0.3, 0.4) is 0 Å². The van der Waals surface area contributed by atoms with Gasteiger partial charge in [-0.15, -0.1) is 0 Å². The van der Waals surface area contributed by atoms with Gasteiger partial charge in [-0.3, -0.25) is 14.4 Å². The maximum absolute atomic E-state index is 12.5. The van der Waals surface area contributed by atoms with Crippen molar-refractivity contribution in [3.63, 3.8) is 0 Å². The Hall–Kier alpha value is -4.47. The average Bonchev–Trinajstić information content (AvgIpc) is 3.38. The number of ether oxygens (including phenoxy) is 3. The third kappa shape index (κ3) is 5.82. The molecule has 0 aliphatic heterocycles. The lowest BCUT2D eigenvalue weighted by molar-refractivity contribution is -0.115. The third-order valence-electron chi connectivity index (χ3n) is 4.51. The van der Waals surface area contributed by atoms with E-state index in [1.54, 1.807) is 36.4 Å². The van der Waals surface area contributed by atoms with Gasteiger partial charge in [-0.1, -0.05) is 0 Å². The van der Waals surface area contributed by atoms with Gasteiger partial charge >= 0.3 is 0 Å². The van der Waals surface area contributed by atoms with E-state index >= 15 is 0 Å². The molecule has 0 spiro atoms. The summed E-state index contributed by atoms with van der Waals surface area (Å²) >= 11 is 0. The molecule has 0 fully saturated rings. The average molecular weight is 453 g/mol. The van der Waals surface area contributed by atoms with Gasteiger partial charge < -0.3 is 34.6 Å². The van der Waals surface area contributed by atoms with Crippen LogP contribution in [-0.4, -0.2) is 45.6 Å². The molecule has 0 aliphatic rings. The van der Waals surface area contributed by atoms with E-state index in [1.807, 2.05) is 0 Å². The first-order valence-corrected chi connectivity index (χ1v) is 9.78. The summed E-state index contributed by atoms with van der Waals surface area (Å²) in [6.45, 7) is -0.257. The molecule has 1 heterocycles. The molecule has 0 unspecified atom stereocenters. The van der Waals surface area contributed by atoms with Crippen LogP contribution < -0.4 is 30.2 Å². The van der Waals surface area contributed by atoms with Crippen LogP contribution in [0.25, 0.3) is 0 Å². The minimum Gasteiger partial charge on any atom is -0.493 e. The number of methoxy groups -OCH3 is 3.